The highest BCUT2D eigenvalue weighted by atomic mass is 16.5. The lowest BCUT2D eigenvalue weighted by molar-refractivity contribution is -0.129. The fourth-order valence-corrected chi connectivity index (χ4v) is 2.61. The van der Waals surface area contributed by atoms with E-state index < -0.39 is 0 Å². The number of hydrogen-bond donors (Lipinski definition) is 0. The molecular weight excluding hydrogens is 258 g/mol. The molecule has 1 fully saturated rings. The maximum atomic E-state index is 12.3. The Bertz CT molecular complexity index is 585. The molecular formula is C13H17N5O2. The van der Waals surface area contributed by atoms with E-state index in [2.05, 4.69) is 15.5 Å². The Kier molecular flexibility index (Phi) is 3.25. The smallest absolute Gasteiger partial charge is 0.227 e. The first kappa shape index (κ1) is 12.8. The number of hydrogen-bond acceptors (Lipinski definition) is 5. The molecule has 0 N–H and O–H groups in total. The van der Waals surface area contributed by atoms with E-state index in [0.717, 1.165) is 30.0 Å². The number of likely N-dealkylation sites (tertiary alicyclic amines) is 1. The quantitative estimate of drug-likeness (QED) is 0.831. The van der Waals surface area contributed by atoms with Gasteiger partial charge in [-0.25, -0.2) is 4.68 Å². The van der Waals surface area contributed by atoms with Gasteiger partial charge in [0.15, 0.2) is 0 Å². The molecule has 1 aliphatic heterocycles. The second-order valence-electron chi connectivity index (χ2n) is 5.14. The van der Waals surface area contributed by atoms with E-state index in [1.165, 1.54) is 0 Å². The van der Waals surface area contributed by atoms with Crippen molar-refractivity contribution >= 4 is 5.91 Å². The maximum absolute atomic E-state index is 12.3. The van der Waals surface area contributed by atoms with Crippen LogP contribution in [0.25, 0.3) is 0 Å². The molecule has 3 heterocycles. The normalized spacial score (nSPS) is 18.7. The molecule has 0 radical (unpaired) electrons. The predicted octanol–water partition coefficient (Wildman–Crippen LogP) is 0.899. The van der Waals surface area contributed by atoms with Crippen LogP contribution in [0.2, 0.25) is 0 Å². The van der Waals surface area contributed by atoms with Crippen LogP contribution in [0.4, 0.5) is 0 Å². The molecule has 1 atom stereocenters. The van der Waals surface area contributed by atoms with Crippen LogP contribution in [-0.4, -0.2) is 44.0 Å². The summed E-state index contributed by atoms with van der Waals surface area (Å²) in [6.45, 7) is 5.14. The van der Waals surface area contributed by atoms with Gasteiger partial charge in [0, 0.05) is 24.8 Å². The Balaban J connectivity index is 1.65. The fraction of sp³-hybridized carbons (Fsp3) is 0.538. The van der Waals surface area contributed by atoms with Crippen molar-refractivity contribution < 1.29 is 9.32 Å². The molecule has 0 spiro atoms. The van der Waals surface area contributed by atoms with Crippen molar-refractivity contribution in [3.05, 3.63) is 29.4 Å². The largest absolute Gasteiger partial charge is 0.361 e. The third kappa shape index (κ3) is 2.31. The molecule has 0 bridgehead atoms. The van der Waals surface area contributed by atoms with Gasteiger partial charge in [0.2, 0.25) is 5.91 Å². The lowest BCUT2D eigenvalue weighted by Crippen LogP contribution is -2.30. The second-order valence-corrected chi connectivity index (χ2v) is 5.14. The van der Waals surface area contributed by atoms with Gasteiger partial charge in [0.25, 0.3) is 0 Å². The van der Waals surface area contributed by atoms with E-state index in [1.54, 1.807) is 6.20 Å². The zero-order chi connectivity index (χ0) is 14.1. The minimum Gasteiger partial charge on any atom is -0.361 e. The number of carbonyl (C=O) groups is 1. The molecule has 0 aliphatic carbocycles. The molecule has 1 aliphatic rings. The second kappa shape index (κ2) is 5.07. The molecule has 0 saturated carbocycles. The van der Waals surface area contributed by atoms with Gasteiger partial charge in [-0.3, -0.25) is 4.79 Å². The lowest BCUT2D eigenvalue weighted by Gasteiger charge is -2.16. The highest BCUT2D eigenvalue weighted by molar-refractivity contribution is 5.79. The summed E-state index contributed by atoms with van der Waals surface area (Å²) in [5.74, 6) is 0.838. The number of nitrogens with zero attached hydrogens (tertiary/aromatic N) is 5. The molecule has 1 amide bonds. The maximum Gasteiger partial charge on any atom is 0.227 e. The highest BCUT2D eigenvalue weighted by Gasteiger charge is 2.28. The van der Waals surface area contributed by atoms with Gasteiger partial charge in [-0.1, -0.05) is 10.4 Å². The third-order valence-electron chi connectivity index (χ3n) is 3.84. The number of aromatic nitrogens is 4. The van der Waals surface area contributed by atoms with Gasteiger partial charge in [0.1, 0.15) is 5.76 Å². The summed E-state index contributed by atoms with van der Waals surface area (Å²) in [5.41, 5.74) is 1.70. The monoisotopic (exact) mass is 275 g/mol. The Morgan fingerprint density at radius 3 is 3.00 bits per heavy atom. The molecule has 3 rings (SSSR count). The molecule has 2 aromatic rings. The van der Waals surface area contributed by atoms with Crippen molar-refractivity contribution in [2.45, 2.75) is 32.7 Å². The van der Waals surface area contributed by atoms with Crippen molar-refractivity contribution in [2.24, 2.45) is 0 Å². The summed E-state index contributed by atoms with van der Waals surface area (Å²) in [6, 6.07) is 0.228. The summed E-state index contributed by atoms with van der Waals surface area (Å²) in [6.07, 6.45) is 4.77. The highest BCUT2D eigenvalue weighted by Crippen LogP contribution is 2.22. The molecule has 7 heteroatoms. The zero-order valence-electron chi connectivity index (χ0n) is 11.6. The molecule has 7 nitrogen and oxygen atoms in total. The topological polar surface area (TPSA) is 77.0 Å². The van der Waals surface area contributed by atoms with E-state index in [9.17, 15) is 4.79 Å². The third-order valence-corrected chi connectivity index (χ3v) is 3.84. The average molecular weight is 275 g/mol. The van der Waals surface area contributed by atoms with Crippen molar-refractivity contribution in [3.8, 4) is 0 Å². The standard InChI is InChI=1S/C13H17N5O2/c1-9-12(10(2)20-15-9)7-13(19)17-5-3-11(8-17)18-6-4-14-16-18/h4,6,11H,3,5,7-8H2,1-2H3/t11-/m1/s1. The fourth-order valence-electron chi connectivity index (χ4n) is 2.61. The van der Waals surface area contributed by atoms with Crippen LogP contribution in [-0.2, 0) is 11.2 Å². The van der Waals surface area contributed by atoms with E-state index in [1.807, 2.05) is 29.6 Å². The van der Waals surface area contributed by atoms with Gasteiger partial charge in [0.05, 0.1) is 24.4 Å². The summed E-state index contributed by atoms with van der Waals surface area (Å²) in [5, 5.41) is 11.7. The number of aryl methyl sites for hydroxylation is 2. The first-order chi connectivity index (χ1) is 9.65. The first-order valence-electron chi connectivity index (χ1n) is 6.70. The van der Waals surface area contributed by atoms with Crippen LogP contribution in [0.1, 0.15) is 29.5 Å². The summed E-state index contributed by atoms with van der Waals surface area (Å²) < 4.78 is 6.92. The first-order valence-corrected chi connectivity index (χ1v) is 6.70. The summed E-state index contributed by atoms with van der Waals surface area (Å²) in [4.78, 5) is 14.2. The molecule has 0 unspecified atom stereocenters. The molecule has 20 heavy (non-hydrogen) atoms. The van der Waals surface area contributed by atoms with E-state index in [4.69, 9.17) is 4.52 Å². The number of rotatable bonds is 3. The van der Waals surface area contributed by atoms with Crippen molar-refractivity contribution in [1.29, 1.82) is 0 Å². The molecule has 1 saturated heterocycles. The van der Waals surface area contributed by atoms with Crippen molar-refractivity contribution in [1.82, 2.24) is 25.1 Å². The van der Waals surface area contributed by atoms with Gasteiger partial charge >= 0.3 is 0 Å². The van der Waals surface area contributed by atoms with Gasteiger partial charge in [-0.15, -0.1) is 5.10 Å². The summed E-state index contributed by atoms with van der Waals surface area (Å²) in [7, 11) is 0. The van der Waals surface area contributed by atoms with Crippen LogP contribution in [0.5, 0.6) is 0 Å². The van der Waals surface area contributed by atoms with Crippen LogP contribution < -0.4 is 0 Å². The van der Waals surface area contributed by atoms with Crippen LogP contribution in [0, 0.1) is 13.8 Å². The lowest BCUT2D eigenvalue weighted by atomic mass is 10.1. The number of amides is 1. The average Bonchev–Trinajstić information content (AvgIpc) is 3.14. The summed E-state index contributed by atoms with van der Waals surface area (Å²) >= 11 is 0. The van der Waals surface area contributed by atoms with Crippen molar-refractivity contribution in [3.63, 3.8) is 0 Å². The van der Waals surface area contributed by atoms with Crippen LogP contribution >= 0.6 is 0 Å². The van der Waals surface area contributed by atoms with Gasteiger partial charge in [-0.2, -0.15) is 0 Å². The minimum absolute atomic E-state index is 0.113. The Hall–Kier alpha value is -2.18. The zero-order valence-corrected chi connectivity index (χ0v) is 11.6. The van der Waals surface area contributed by atoms with Crippen molar-refractivity contribution in [2.75, 3.05) is 13.1 Å². The van der Waals surface area contributed by atoms with E-state index in [-0.39, 0.29) is 11.9 Å². The Morgan fingerprint density at radius 1 is 1.50 bits per heavy atom. The SMILES string of the molecule is Cc1noc(C)c1CC(=O)N1CC[C@@H](n2ccnn2)C1. The van der Waals surface area contributed by atoms with Crippen LogP contribution in [0.3, 0.4) is 0 Å². The predicted molar refractivity (Wildman–Crippen MR) is 69.9 cm³/mol. The van der Waals surface area contributed by atoms with Crippen LogP contribution in [0.15, 0.2) is 16.9 Å². The number of carbonyl (C=O) groups excluding carboxylic acids is 1. The van der Waals surface area contributed by atoms with Gasteiger partial charge < -0.3 is 9.42 Å². The molecule has 0 aromatic carbocycles. The minimum atomic E-state index is 0.113. The Labute approximate surface area is 116 Å². The Morgan fingerprint density at radius 2 is 2.35 bits per heavy atom. The van der Waals surface area contributed by atoms with Gasteiger partial charge in [-0.05, 0) is 20.3 Å². The molecule has 106 valence electrons. The van der Waals surface area contributed by atoms with E-state index >= 15 is 0 Å². The molecule has 2 aromatic heterocycles. The van der Waals surface area contributed by atoms with E-state index in [0.29, 0.717) is 13.0 Å².